The van der Waals surface area contributed by atoms with Crippen LogP contribution in [0.3, 0.4) is 0 Å². The van der Waals surface area contributed by atoms with Crippen LogP contribution in [0, 0.1) is 34.0 Å². The smallest absolute Gasteiger partial charge is 0.253 e. The lowest BCUT2D eigenvalue weighted by molar-refractivity contribution is -0.784. The molecule has 0 aromatic carbocycles. The van der Waals surface area contributed by atoms with Gasteiger partial charge in [-0.15, -0.1) is 0 Å². The highest BCUT2D eigenvalue weighted by molar-refractivity contribution is 5.25. The Kier molecular flexibility index (Phi) is 6.79. The number of allylic oxidation sites excluding steroid dienone is 3. The quantitative estimate of drug-likeness (QED) is 0.312. The first-order chi connectivity index (χ1) is 17.2. The average molecular weight is 517 g/mol. The molecule has 3 unspecified atom stereocenters. The van der Waals surface area contributed by atoms with Gasteiger partial charge in [0.05, 0.1) is 18.7 Å². The van der Waals surface area contributed by atoms with Gasteiger partial charge in [-0.1, -0.05) is 34.1 Å². The Bertz CT molecular complexity index is 967. The second kappa shape index (κ2) is 9.18. The van der Waals surface area contributed by atoms with Gasteiger partial charge in [-0.2, -0.15) is 0 Å². The lowest BCUT2D eigenvalue weighted by Gasteiger charge is -2.51. The number of halogens is 2. The Hall–Kier alpha value is -1.20. The first kappa shape index (κ1) is 27.4. The van der Waals surface area contributed by atoms with Crippen molar-refractivity contribution in [3.8, 4) is 0 Å². The minimum absolute atomic E-state index is 0.221. The van der Waals surface area contributed by atoms with Crippen LogP contribution in [0.2, 0.25) is 0 Å². The van der Waals surface area contributed by atoms with E-state index in [2.05, 4.69) is 63.8 Å². The molecule has 0 aromatic rings. The van der Waals surface area contributed by atoms with Crippen molar-refractivity contribution in [1.29, 1.82) is 0 Å². The summed E-state index contributed by atoms with van der Waals surface area (Å²) in [5.41, 5.74) is 2.85. The van der Waals surface area contributed by atoms with E-state index in [9.17, 15) is 0 Å². The van der Waals surface area contributed by atoms with Gasteiger partial charge in [-0.05, 0) is 92.1 Å². The van der Waals surface area contributed by atoms with Gasteiger partial charge in [-0.3, -0.25) is 4.90 Å². The second-order valence-corrected chi connectivity index (χ2v) is 15.1. The molecule has 4 atom stereocenters. The molecule has 208 valence electrons. The predicted molar refractivity (Wildman–Crippen MR) is 148 cm³/mol. The van der Waals surface area contributed by atoms with Gasteiger partial charge in [0.1, 0.15) is 11.9 Å². The van der Waals surface area contributed by atoms with E-state index in [0.717, 1.165) is 56.8 Å². The van der Waals surface area contributed by atoms with Crippen LogP contribution in [0.15, 0.2) is 36.1 Å². The van der Waals surface area contributed by atoms with Gasteiger partial charge in [0.25, 0.3) is 5.92 Å². The number of nitrogens with zero attached hydrogens (tertiary/aromatic N) is 2. The largest absolute Gasteiger partial charge is 0.316 e. The number of alkyl halides is 2. The molecule has 2 aliphatic heterocycles. The summed E-state index contributed by atoms with van der Waals surface area (Å²) in [4.78, 5) is 2.18. The molecule has 5 aliphatic rings. The summed E-state index contributed by atoms with van der Waals surface area (Å²) in [5.74, 6) is -1.16. The Balaban J connectivity index is 1.38. The average Bonchev–Trinajstić information content (AvgIpc) is 3.46. The number of hydrogen-bond donors (Lipinski definition) is 1. The Morgan fingerprint density at radius 3 is 2.41 bits per heavy atom. The maximum absolute atomic E-state index is 15.2. The van der Waals surface area contributed by atoms with Gasteiger partial charge < -0.3 is 5.32 Å². The van der Waals surface area contributed by atoms with E-state index in [-0.39, 0.29) is 5.41 Å². The van der Waals surface area contributed by atoms with E-state index < -0.39 is 11.8 Å². The number of rotatable bonds is 9. The molecule has 1 saturated heterocycles. The van der Waals surface area contributed by atoms with E-state index in [1.54, 1.807) is 0 Å². The monoisotopic (exact) mass is 516 g/mol. The highest BCUT2D eigenvalue weighted by atomic mass is 19.3. The van der Waals surface area contributed by atoms with Crippen LogP contribution in [0.25, 0.3) is 0 Å². The highest BCUT2D eigenvalue weighted by Gasteiger charge is 2.56. The Labute approximate surface area is 225 Å². The summed E-state index contributed by atoms with van der Waals surface area (Å²) in [5, 5.41) is 3.66. The molecule has 0 amide bonds. The molecule has 5 heteroatoms. The lowest BCUT2D eigenvalue weighted by atomic mass is 9.55. The van der Waals surface area contributed by atoms with Crippen molar-refractivity contribution in [2.45, 2.75) is 105 Å². The van der Waals surface area contributed by atoms with Crippen molar-refractivity contribution in [3.63, 3.8) is 0 Å². The van der Waals surface area contributed by atoms with Gasteiger partial charge in [-0.25, -0.2) is 13.3 Å². The molecule has 2 saturated carbocycles. The topological polar surface area (TPSA) is 15.3 Å². The summed E-state index contributed by atoms with van der Waals surface area (Å²) in [6.07, 6.45) is 16.4. The van der Waals surface area contributed by atoms with Crippen LogP contribution in [0.5, 0.6) is 0 Å². The second-order valence-electron chi connectivity index (χ2n) is 15.1. The molecule has 3 aliphatic carbocycles. The van der Waals surface area contributed by atoms with E-state index >= 15 is 8.78 Å². The normalized spacial score (nSPS) is 36.7. The van der Waals surface area contributed by atoms with Crippen LogP contribution in [-0.4, -0.2) is 42.0 Å². The fourth-order valence-electron chi connectivity index (χ4n) is 8.20. The SMILES string of the molecule is C=C1N2CC(C)(CNCC3(C)CC3)C[C@H](C(C)(F)F)C2=C[N+]1(C)C1=CCCC(C2(CC(C)C)CCC2)C1. The molecule has 1 N–H and O–H groups in total. The first-order valence-corrected chi connectivity index (χ1v) is 15.0. The summed E-state index contributed by atoms with van der Waals surface area (Å²) < 4.78 is 30.9. The summed E-state index contributed by atoms with van der Waals surface area (Å²) in [6, 6.07) is 0. The third-order valence-electron chi connectivity index (χ3n) is 10.9. The number of hydrogen-bond acceptors (Lipinski definition) is 2. The van der Waals surface area contributed by atoms with Crippen molar-refractivity contribution in [2.75, 3.05) is 26.7 Å². The Morgan fingerprint density at radius 2 is 1.84 bits per heavy atom. The van der Waals surface area contributed by atoms with E-state index in [1.165, 1.54) is 50.6 Å². The van der Waals surface area contributed by atoms with Gasteiger partial charge in [0, 0.05) is 33.0 Å². The Morgan fingerprint density at radius 1 is 1.16 bits per heavy atom. The van der Waals surface area contributed by atoms with E-state index in [0.29, 0.717) is 27.7 Å². The molecule has 2 heterocycles. The number of piperidine rings is 1. The number of nitrogens with one attached hydrogen (secondary N) is 1. The van der Waals surface area contributed by atoms with Crippen molar-refractivity contribution in [1.82, 2.24) is 10.2 Å². The summed E-state index contributed by atoms with van der Waals surface area (Å²) >= 11 is 0. The highest BCUT2D eigenvalue weighted by Crippen LogP contribution is 2.58. The van der Waals surface area contributed by atoms with Gasteiger partial charge in [0.15, 0.2) is 0 Å². The van der Waals surface area contributed by atoms with Gasteiger partial charge >= 0.3 is 0 Å². The molecule has 0 spiro atoms. The van der Waals surface area contributed by atoms with E-state index in [1.807, 2.05) is 0 Å². The van der Waals surface area contributed by atoms with Crippen molar-refractivity contribution in [2.24, 2.45) is 34.0 Å². The fraction of sp³-hybridized carbons (Fsp3) is 0.812. The van der Waals surface area contributed by atoms with Gasteiger partial charge in [0.2, 0.25) is 5.82 Å². The van der Waals surface area contributed by atoms with Crippen LogP contribution in [0.1, 0.15) is 98.8 Å². The fourth-order valence-corrected chi connectivity index (χ4v) is 8.20. The zero-order chi connectivity index (χ0) is 26.9. The zero-order valence-electron chi connectivity index (χ0n) is 24.4. The third kappa shape index (κ3) is 5.09. The maximum Gasteiger partial charge on any atom is 0.253 e. The lowest BCUT2D eigenvalue weighted by Crippen LogP contribution is -2.52. The molecule has 3 fully saturated rings. The maximum atomic E-state index is 15.2. The van der Waals surface area contributed by atoms with Crippen molar-refractivity contribution in [3.05, 3.63) is 36.1 Å². The van der Waals surface area contributed by atoms with Crippen LogP contribution in [-0.2, 0) is 0 Å². The molecule has 0 bridgehead atoms. The predicted octanol–water partition coefficient (Wildman–Crippen LogP) is 8.03. The standard InChI is InChI=1S/C32H52F2N3/c1-23(2)17-32(12-9-13-32)25-10-8-11-26(16-25)37(7)19-28-27(31(6,33)34)18-30(5,22-36(28)24(37)3)21-35-20-29(4)14-15-29/h11,19,23,25,27,35H,3,8-10,12-18,20-22H2,1-2,4-7H3/q+1/t25?,27-,30?,37?/m0/s1. The minimum Gasteiger partial charge on any atom is -0.316 e. The van der Waals surface area contributed by atoms with Crippen molar-refractivity contribution >= 4 is 0 Å². The first-order valence-electron chi connectivity index (χ1n) is 15.0. The summed E-state index contributed by atoms with van der Waals surface area (Å²) in [7, 11) is 2.20. The molecule has 37 heavy (non-hydrogen) atoms. The number of fused-ring (bicyclic) bond motifs is 1. The third-order valence-corrected chi connectivity index (χ3v) is 10.9. The molecular weight excluding hydrogens is 464 g/mol. The van der Waals surface area contributed by atoms with Crippen LogP contribution >= 0.6 is 0 Å². The van der Waals surface area contributed by atoms with Crippen molar-refractivity contribution < 1.29 is 13.3 Å². The number of quaternary nitrogens is 1. The van der Waals surface area contributed by atoms with Crippen LogP contribution in [0.4, 0.5) is 8.78 Å². The molecule has 5 rings (SSSR count). The molecule has 3 nitrogen and oxygen atoms in total. The molecule has 0 radical (unpaired) electrons. The minimum atomic E-state index is -2.76. The van der Waals surface area contributed by atoms with Crippen LogP contribution < -0.4 is 5.32 Å². The molecular formula is C32H52F2N3+. The van der Waals surface area contributed by atoms with E-state index in [4.69, 9.17) is 0 Å². The summed E-state index contributed by atoms with van der Waals surface area (Å²) in [6.45, 7) is 17.5. The molecule has 0 aromatic heterocycles. The zero-order valence-corrected chi connectivity index (χ0v) is 24.4.